The van der Waals surface area contributed by atoms with E-state index in [0.717, 1.165) is 21.4 Å². The Morgan fingerprint density at radius 3 is 2.30 bits per heavy atom. The van der Waals surface area contributed by atoms with Crippen LogP contribution in [0.5, 0.6) is 0 Å². The van der Waals surface area contributed by atoms with Crippen molar-refractivity contribution in [2.24, 2.45) is 0 Å². The van der Waals surface area contributed by atoms with E-state index in [4.69, 9.17) is 0 Å². The third-order valence-corrected chi connectivity index (χ3v) is 4.26. The maximum Gasteiger partial charge on any atom is 0.243 e. The Hall–Kier alpha value is -1.81. The summed E-state index contributed by atoms with van der Waals surface area (Å²) in [7, 11) is 0. The summed E-state index contributed by atoms with van der Waals surface area (Å²) in [5.74, 6) is -0.0746. The zero-order chi connectivity index (χ0) is 17.0. The smallest absolute Gasteiger partial charge is 0.243 e. The van der Waals surface area contributed by atoms with Gasteiger partial charge in [0.15, 0.2) is 0 Å². The van der Waals surface area contributed by atoms with E-state index in [0.29, 0.717) is 0 Å². The lowest BCUT2D eigenvalue weighted by molar-refractivity contribution is -0.114. The van der Waals surface area contributed by atoms with Gasteiger partial charge < -0.3 is 10.6 Å². The van der Waals surface area contributed by atoms with Crippen LogP contribution in [0.25, 0.3) is 0 Å². The van der Waals surface area contributed by atoms with Crippen LogP contribution in [-0.2, 0) is 10.2 Å². The summed E-state index contributed by atoms with van der Waals surface area (Å²) in [6.07, 6.45) is 0. The standard InChI is InChI=1S/C19H23BrN2O/c1-13-5-10-17(16(20)11-13)22-18(23)12-21-15-8-6-14(7-9-15)19(2,3)4/h5-11,21H,12H2,1-4H3,(H,22,23). The summed E-state index contributed by atoms with van der Waals surface area (Å²) in [4.78, 5) is 12.1. The van der Waals surface area contributed by atoms with Gasteiger partial charge in [-0.2, -0.15) is 0 Å². The van der Waals surface area contributed by atoms with Crippen molar-refractivity contribution in [1.82, 2.24) is 0 Å². The summed E-state index contributed by atoms with van der Waals surface area (Å²) < 4.78 is 0.889. The third kappa shape index (κ3) is 5.10. The minimum absolute atomic E-state index is 0.0746. The van der Waals surface area contributed by atoms with Gasteiger partial charge in [-0.25, -0.2) is 0 Å². The summed E-state index contributed by atoms with van der Waals surface area (Å²) >= 11 is 3.46. The monoisotopic (exact) mass is 374 g/mol. The van der Waals surface area contributed by atoms with E-state index in [2.05, 4.69) is 59.5 Å². The van der Waals surface area contributed by atoms with Crippen molar-refractivity contribution in [3.8, 4) is 0 Å². The van der Waals surface area contributed by atoms with Crippen LogP contribution in [0.3, 0.4) is 0 Å². The van der Waals surface area contributed by atoms with Crippen LogP contribution in [0.1, 0.15) is 31.9 Å². The van der Waals surface area contributed by atoms with Crippen molar-refractivity contribution in [2.45, 2.75) is 33.1 Å². The fraction of sp³-hybridized carbons (Fsp3) is 0.316. The van der Waals surface area contributed by atoms with Gasteiger partial charge in [-0.3, -0.25) is 4.79 Å². The van der Waals surface area contributed by atoms with Crippen LogP contribution in [-0.4, -0.2) is 12.5 Å². The number of halogens is 1. The second-order valence-corrected chi connectivity index (χ2v) is 7.57. The maximum absolute atomic E-state index is 12.1. The van der Waals surface area contributed by atoms with E-state index in [1.807, 2.05) is 37.3 Å². The number of carbonyl (C=O) groups is 1. The Labute approximate surface area is 146 Å². The van der Waals surface area contributed by atoms with Gasteiger partial charge >= 0.3 is 0 Å². The number of hydrogen-bond acceptors (Lipinski definition) is 2. The molecule has 0 heterocycles. The Balaban J connectivity index is 1.91. The fourth-order valence-corrected chi connectivity index (χ4v) is 2.78. The molecule has 0 aliphatic rings. The molecule has 0 aliphatic heterocycles. The second-order valence-electron chi connectivity index (χ2n) is 6.71. The molecular weight excluding hydrogens is 352 g/mol. The first kappa shape index (κ1) is 17.5. The number of nitrogens with one attached hydrogen (secondary N) is 2. The molecule has 0 aliphatic carbocycles. The highest BCUT2D eigenvalue weighted by Gasteiger charge is 2.13. The molecule has 2 aromatic rings. The SMILES string of the molecule is Cc1ccc(NC(=O)CNc2ccc(C(C)(C)C)cc2)c(Br)c1. The van der Waals surface area contributed by atoms with E-state index in [9.17, 15) is 4.79 Å². The van der Waals surface area contributed by atoms with Gasteiger partial charge in [0.1, 0.15) is 0 Å². The number of benzene rings is 2. The summed E-state index contributed by atoms with van der Waals surface area (Å²) in [6, 6.07) is 14.1. The predicted molar refractivity (Wildman–Crippen MR) is 101 cm³/mol. The Bertz CT molecular complexity index is 688. The van der Waals surface area contributed by atoms with Crippen LogP contribution in [0.4, 0.5) is 11.4 Å². The van der Waals surface area contributed by atoms with Crippen molar-refractivity contribution in [3.05, 3.63) is 58.1 Å². The zero-order valence-corrected chi connectivity index (χ0v) is 15.6. The van der Waals surface area contributed by atoms with Crippen LogP contribution < -0.4 is 10.6 Å². The van der Waals surface area contributed by atoms with Crippen molar-refractivity contribution in [3.63, 3.8) is 0 Å². The molecule has 0 unspecified atom stereocenters. The average molecular weight is 375 g/mol. The largest absolute Gasteiger partial charge is 0.376 e. The molecule has 23 heavy (non-hydrogen) atoms. The van der Waals surface area contributed by atoms with Gasteiger partial charge in [0.25, 0.3) is 0 Å². The van der Waals surface area contributed by atoms with Crippen molar-refractivity contribution < 1.29 is 4.79 Å². The lowest BCUT2D eigenvalue weighted by Crippen LogP contribution is -2.22. The number of rotatable bonds is 4. The Morgan fingerprint density at radius 2 is 1.74 bits per heavy atom. The molecule has 0 atom stereocenters. The molecule has 0 fully saturated rings. The molecule has 2 rings (SSSR count). The first-order valence-electron chi connectivity index (χ1n) is 7.66. The number of anilines is 2. The lowest BCUT2D eigenvalue weighted by atomic mass is 9.87. The number of amides is 1. The van der Waals surface area contributed by atoms with Crippen LogP contribution in [0, 0.1) is 6.92 Å². The van der Waals surface area contributed by atoms with Gasteiger partial charge in [-0.1, -0.05) is 39.0 Å². The molecule has 0 saturated heterocycles. The predicted octanol–water partition coefficient (Wildman–Crippen LogP) is 5.11. The maximum atomic E-state index is 12.1. The van der Waals surface area contributed by atoms with E-state index in [1.165, 1.54) is 5.56 Å². The third-order valence-electron chi connectivity index (χ3n) is 3.60. The van der Waals surface area contributed by atoms with E-state index in [-0.39, 0.29) is 17.9 Å². The lowest BCUT2D eigenvalue weighted by Gasteiger charge is -2.19. The van der Waals surface area contributed by atoms with Crippen molar-refractivity contribution in [2.75, 3.05) is 17.2 Å². The number of hydrogen-bond donors (Lipinski definition) is 2. The van der Waals surface area contributed by atoms with E-state index >= 15 is 0 Å². The molecule has 3 nitrogen and oxygen atoms in total. The quantitative estimate of drug-likeness (QED) is 0.780. The second kappa shape index (κ2) is 7.18. The van der Waals surface area contributed by atoms with Gasteiger partial charge in [-0.15, -0.1) is 0 Å². The van der Waals surface area contributed by atoms with Gasteiger partial charge in [0, 0.05) is 10.2 Å². The molecule has 0 spiro atoms. The Kier molecular flexibility index (Phi) is 5.47. The van der Waals surface area contributed by atoms with Crippen LogP contribution >= 0.6 is 15.9 Å². The van der Waals surface area contributed by atoms with Crippen LogP contribution in [0.15, 0.2) is 46.9 Å². The van der Waals surface area contributed by atoms with Gasteiger partial charge in [0.05, 0.1) is 12.2 Å². The molecule has 0 bridgehead atoms. The summed E-state index contributed by atoms with van der Waals surface area (Å²) in [5, 5.41) is 6.04. The molecule has 0 saturated carbocycles. The highest BCUT2D eigenvalue weighted by atomic mass is 79.9. The Morgan fingerprint density at radius 1 is 1.09 bits per heavy atom. The summed E-state index contributed by atoms with van der Waals surface area (Å²) in [6.45, 7) is 8.79. The first-order chi connectivity index (χ1) is 10.8. The molecule has 2 aromatic carbocycles. The van der Waals surface area contributed by atoms with E-state index < -0.39 is 0 Å². The van der Waals surface area contributed by atoms with Crippen molar-refractivity contribution in [1.29, 1.82) is 0 Å². The molecule has 4 heteroatoms. The molecule has 122 valence electrons. The molecular formula is C19H23BrN2O. The topological polar surface area (TPSA) is 41.1 Å². The minimum Gasteiger partial charge on any atom is -0.376 e. The number of carbonyl (C=O) groups excluding carboxylic acids is 1. The highest BCUT2D eigenvalue weighted by molar-refractivity contribution is 9.10. The molecule has 1 amide bonds. The van der Waals surface area contributed by atoms with Gasteiger partial charge in [0.2, 0.25) is 5.91 Å². The fourth-order valence-electron chi connectivity index (χ4n) is 2.19. The first-order valence-corrected chi connectivity index (χ1v) is 8.45. The molecule has 2 N–H and O–H groups in total. The van der Waals surface area contributed by atoms with Gasteiger partial charge in [-0.05, 0) is 63.7 Å². The molecule has 0 radical (unpaired) electrons. The minimum atomic E-state index is -0.0746. The summed E-state index contributed by atoms with van der Waals surface area (Å²) in [5.41, 5.74) is 4.28. The van der Waals surface area contributed by atoms with E-state index in [1.54, 1.807) is 0 Å². The van der Waals surface area contributed by atoms with Crippen molar-refractivity contribution >= 4 is 33.2 Å². The highest BCUT2D eigenvalue weighted by Crippen LogP contribution is 2.24. The molecule has 0 aromatic heterocycles. The number of aryl methyl sites for hydroxylation is 1. The van der Waals surface area contributed by atoms with Crippen LogP contribution in [0.2, 0.25) is 0 Å². The zero-order valence-electron chi connectivity index (χ0n) is 14.0. The normalized spacial score (nSPS) is 11.2. The average Bonchev–Trinajstić information content (AvgIpc) is 2.47.